The Morgan fingerprint density at radius 1 is 1.39 bits per heavy atom. The minimum Gasteiger partial charge on any atom is -0.332 e. The Balaban J connectivity index is 2.19. The molecule has 7 heteroatoms. The van der Waals surface area contributed by atoms with Gasteiger partial charge in [0.2, 0.25) is 0 Å². The van der Waals surface area contributed by atoms with Crippen LogP contribution in [0.3, 0.4) is 0 Å². The zero-order valence-corrected chi connectivity index (χ0v) is 12.0. The topological polar surface area (TPSA) is 73.8 Å². The van der Waals surface area contributed by atoms with Gasteiger partial charge in [-0.05, 0) is 26.3 Å². The van der Waals surface area contributed by atoms with E-state index in [1.807, 2.05) is 6.92 Å². The van der Waals surface area contributed by atoms with Gasteiger partial charge in [-0.3, -0.25) is 4.99 Å². The molecule has 0 aromatic heterocycles. The summed E-state index contributed by atoms with van der Waals surface area (Å²) in [6.07, 6.45) is 0.726. The molecule has 1 unspecified atom stereocenters. The van der Waals surface area contributed by atoms with Crippen LogP contribution in [0.2, 0.25) is 0 Å². The molecule has 2 rings (SSSR count). The number of hydrogen-bond donors (Lipinski definition) is 2. The van der Waals surface area contributed by atoms with Crippen molar-refractivity contribution in [1.29, 1.82) is 0 Å². The molecule has 18 heavy (non-hydrogen) atoms. The van der Waals surface area contributed by atoms with Crippen molar-refractivity contribution in [2.75, 3.05) is 13.6 Å². The van der Waals surface area contributed by atoms with Gasteiger partial charge in [0, 0.05) is 31.8 Å². The third-order valence-corrected chi connectivity index (χ3v) is 4.79. The first kappa shape index (κ1) is 13.5. The molecule has 6 nitrogen and oxygen atoms in total. The number of amidine groups is 1. The number of fused-ring (bicyclic) bond motifs is 1. The van der Waals surface area contributed by atoms with Gasteiger partial charge in [0.1, 0.15) is 5.84 Å². The van der Waals surface area contributed by atoms with Crippen LogP contribution in [0.1, 0.15) is 27.2 Å². The van der Waals surface area contributed by atoms with Gasteiger partial charge in [-0.2, -0.15) is 13.1 Å². The van der Waals surface area contributed by atoms with E-state index in [1.165, 1.54) is 18.3 Å². The van der Waals surface area contributed by atoms with Gasteiger partial charge in [-0.15, -0.1) is 0 Å². The molecule has 0 saturated carbocycles. The van der Waals surface area contributed by atoms with E-state index < -0.39 is 10.2 Å². The largest absolute Gasteiger partial charge is 0.332 e. The normalized spacial score (nSPS) is 28.4. The second-order valence-corrected chi connectivity index (χ2v) is 6.47. The van der Waals surface area contributed by atoms with E-state index in [0.29, 0.717) is 6.54 Å². The monoisotopic (exact) mass is 272 g/mol. The first-order valence-electron chi connectivity index (χ1n) is 6.06. The smallest absolute Gasteiger partial charge is 0.276 e. The van der Waals surface area contributed by atoms with E-state index in [1.54, 1.807) is 0 Å². The highest BCUT2D eigenvalue weighted by Gasteiger charge is 2.34. The van der Waals surface area contributed by atoms with Crippen molar-refractivity contribution >= 4 is 16.0 Å². The van der Waals surface area contributed by atoms with Crippen molar-refractivity contribution in [3.05, 3.63) is 11.3 Å². The predicted molar refractivity (Wildman–Crippen MR) is 71.5 cm³/mol. The van der Waals surface area contributed by atoms with Crippen molar-refractivity contribution in [3.63, 3.8) is 0 Å². The quantitative estimate of drug-likeness (QED) is 0.771. The van der Waals surface area contributed by atoms with Crippen LogP contribution in [-0.4, -0.2) is 44.8 Å². The van der Waals surface area contributed by atoms with Crippen LogP contribution in [0.15, 0.2) is 16.3 Å². The lowest BCUT2D eigenvalue weighted by Gasteiger charge is -2.28. The molecule has 0 bridgehead atoms. The molecule has 0 aliphatic carbocycles. The summed E-state index contributed by atoms with van der Waals surface area (Å²) in [7, 11) is -1.98. The van der Waals surface area contributed by atoms with E-state index in [0.717, 1.165) is 12.3 Å². The van der Waals surface area contributed by atoms with Gasteiger partial charge in [0.25, 0.3) is 10.2 Å². The lowest BCUT2D eigenvalue weighted by atomic mass is 10.0. The molecule has 0 amide bonds. The molecule has 2 aliphatic rings. The van der Waals surface area contributed by atoms with Crippen LogP contribution in [0, 0.1) is 0 Å². The lowest BCUT2D eigenvalue weighted by molar-refractivity contribution is 0.507. The van der Waals surface area contributed by atoms with Crippen LogP contribution in [0.25, 0.3) is 0 Å². The Bertz CT molecular complexity index is 509. The summed E-state index contributed by atoms with van der Waals surface area (Å²) in [5, 5.41) is 0. The lowest BCUT2D eigenvalue weighted by Crippen LogP contribution is -2.43. The number of nitrogens with one attached hydrogen (secondary N) is 2. The number of hydrogen-bond acceptors (Lipinski definition) is 4. The van der Waals surface area contributed by atoms with Crippen molar-refractivity contribution in [1.82, 2.24) is 14.3 Å². The van der Waals surface area contributed by atoms with Gasteiger partial charge < -0.3 is 4.90 Å². The fourth-order valence-corrected chi connectivity index (χ4v) is 3.20. The summed E-state index contributed by atoms with van der Waals surface area (Å²) < 4.78 is 27.9. The molecule has 0 aromatic carbocycles. The molecule has 2 heterocycles. The Hall–Kier alpha value is -0.920. The third kappa shape index (κ3) is 2.43. The Morgan fingerprint density at radius 2 is 2.06 bits per heavy atom. The van der Waals surface area contributed by atoms with E-state index >= 15 is 0 Å². The summed E-state index contributed by atoms with van der Waals surface area (Å²) in [5.41, 5.74) is 2.44. The standard InChI is InChI=1S/C11H20N4O2S/c1-7-8(2)13-9(3)15-6-10(5-11(7)15)14-18(16,17)12-4/h8,10,12,14H,5-6H2,1-4H3/t8-,10?/m0/s1. The molecule has 1 fully saturated rings. The molecule has 2 atom stereocenters. The van der Waals surface area contributed by atoms with Gasteiger partial charge >= 0.3 is 0 Å². The molecule has 102 valence electrons. The molecular weight excluding hydrogens is 252 g/mol. The second kappa shape index (κ2) is 4.64. The fourth-order valence-electron chi connectivity index (χ4n) is 2.49. The maximum Gasteiger partial charge on any atom is 0.276 e. The molecule has 0 radical (unpaired) electrons. The van der Waals surface area contributed by atoms with Gasteiger partial charge in [-0.1, -0.05) is 0 Å². The maximum absolute atomic E-state index is 11.5. The first-order chi connectivity index (χ1) is 8.34. The molecule has 0 aromatic rings. The first-order valence-corrected chi connectivity index (χ1v) is 7.54. The maximum atomic E-state index is 11.5. The van der Waals surface area contributed by atoms with Crippen LogP contribution < -0.4 is 9.44 Å². The fraction of sp³-hybridized carbons (Fsp3) is 0.727. The van der Waals surface area contributed by atoms with E-state index in [2.05, 4.69) is 33.2 Å². The van der Waals surface area contributed by atoms with Crippen molar-refractivity contribution in [2.45, 2.75) is 39.3 Å². The number of aliphatic imine (C=N–C) groups is 1. The minimum atomic E-state index is -3.38. The zero-order valence-electron chi connectivity index (χ0n) is 11.2. The van der Waals surface area contributed by atoms with Crippen molar-refractivity contribution < 1.29 is 8.42 Å². The summed E-state index contributed by atoms with van der Waals surface area (Å²) in [4.78, 5) is 6.66. The summed E-state index contributed by atoms with van der Waals surface area (Å²) >= 11 is 0. The Morgan fingerprint density at radius 3 is 2.67 bits per heavy atom. The predicted octanol–water partition coefficient (Wildman–Crippen LogP) is 0.209. The van der Waals surface area contributed by atoms with Gasteiger partial charge in [-0.25, -0.2) is 4.72 Å². The van der Waals surface area contributed by atoms with Crippen LogP contribution in [0.5, 0.6) is 0 Å². The minimum absolute atomic E-state index is 0.0946. The van der Waals surface area contributed by atoms with E-state index in [-0.39, 0.29) is 12.1 Å². The number of rotatable bonds is 3. The summed E-state index contributed by atoms with van der Waals surface area (Å²) in [6, 6.07) is 0.0961. The highest BCUT2D eigenvalue weighted by molar-refractivity contribution is 7.87. The average molecular weight is 272 g/mol. The average Bonchev–Trinajstić information content (AvgIpc) is 2.70. The molecule has 1 saturated heterocycles. The molecule has 2 N–H and O–H groups in total. The highest BCUT2D eigenvalue weighted by atomic mass is 32.2. The summed E-state index contributed by atoms with van der Waals surface area (Å²) in [6.45, 7) is 6.75. The van der Waals surface area contributed by atoms with Crippen molar-refractivity contribution in [3.8, 4) is 0 Å². The Labute approximate surface area is 108 Å². The molecular formula is C11H20N4O2S. The zero-order chi connectivity index (χ0) is 13.5. The van der Waals surface area contributed by atoms with Crippen LogP contribution in [0.4, 0.5) is 0 Å². The van der Waals surface area contributed by atoms with E-state index in [9.17, 15) is 8.42 Å². The van der Waals surface area contributed by atoms with Gasteiger partial charge in [0.05, 0.1) is 6.04 Å². The third-order valence-electron chi connectivity index (χ3n) is 3.61. The number of nitrogens with zero attached hydrogens (tertiary/aromatic N) is 2. The van der Waals surface area contributed by atoms with E-state index in [4.69, 9.17) is 0 Å². The summed E-state index contributed by atoms with van der Waals surface area (Å²) in [5.74, 6) is 0.967. The van der Waals surface area contributed by atoms with Gasteiger partial charge in [0.15, 0.2) is 0 Å². The SMILES string of the molecule is CNS(=O)(=O)NC1CC2=C(C)[C@H](C)N=C(C)N2C1. The second-order valence-electron chi connectivity index (χ2n) is 4.82. The van der Waals surface area contributed by atoms with Crippen molar-refractivity contribution in [2.24, 2.45) is 4.99 Å². The van der Waals surface area contributed by atoms with Crippen LogP contribution >= 0.6 is 0 Å². The highest BCUT2D eigenvalue weighted by Crippen LogP contribution is 2.31. The molecule has 2 aliphatic heterocycles. The molecule has 0 spiro atoms. The Kier molecular flexibility index (Phi) is 3.48. The van der Waals surface area contributed by atoms with Crippen LogP contribution in [-0.2, 0) is 10.2 Å².